The van der Waals surface area contributed by atoms with Crippen LogP contribution in [0.1, 0.15) is 30.2 Å². The van der Waals surface area contributed by atoms with E-state index in [9.17, 15) is 13.2 Å². The summed E-state index contributed by atoms with van der Waals surface area (Å²) in [4.78, 5) is 11.9. The van der Waals surface area contributed by atoms with Crippen molar-refractivity contribution >= 4 is 27.3 Å². The van der Waals surface area contributed by atoms with E-state index < -0.39 is 22.0 Å². The van der Waals surface area contributed by atoms with Crippen molar-refractivity contribution in [1.29, 1.82) is 0 Å². The van der Waals surface area contributed by atoms with Crippen LogP contribution in [0.2, 0.25) is 0 Å². The van der Waals surface area contributed by atoms with Crippen LogP contribution < -0.4 is 4.72 Å². The van der Waals surface area contributed by atoms with Crippen molar-refractivity contribution in [2.24, 2.45) is 0 Å². The monoisotopic (exact) mass is 291 g/mol. The van der Waals surface area contributed by atoms with Gasteiger partial charge >= 0.3 is 5.97 Å². The maximum Gasteiger partial charge on any atom is 0.321 e. The van der Waals surface area contributed by atoms with Gasteiger partial charge in [0.05, 0.1) is 0 Å². The van der Waals surface area contributed by atoms with Crippen LogP contribution in [0, 0.1) is 13.8 Å². The number of sulfonamides is 1. The molecule has 0 saturated heterocycles. The quantitative estimate of drug-likeness (QED) is 0.838. The van der Waals surface area contributed by atoms with Crippen molar-refractivity contribution < 1.29 is 18.3 Å². The Morgan fingerprint density at radius 1 is 1.50 bits per heavy atom. The fourth-order valence-electron chi connectivity index (χ4n) is 1.44. The Kier molecular flexibility index (Phi) is 4.89. The molecular weight excluding hydrogens is 274 g/mol. The molecule has 1 unspecified atom stereocenters. The van der Waals surface area contributed by atoms with Crippen molar-refractivity contribution in [3.05, 3.63) is 16.5 Å². The van der Waals surface area contributed by atoms with E-state index in [2.05, 4.69) is 4.72 Å². The number of carboxylic acid groups (broad SMARTS) is 1. The number of nitrogens with one attached hydrogen (secondary N) is 1. The minimum atomic E-state index is -3.74. The number of hydrogen-bond acceptors (Lipinski definition) is 4. The summed E-state index contributed by atoms with van der Waals surface area (Å²) in [5.41, 5.74) is 0.891. The highest BCUT2D eigenvalue weighted by Crippen LogP contribution is 2.25. The Labute approximate surface area is 111 Å². The molecule has 7 heteroatoms. The van der Waals surface area contributed by atoms with Crippen LogP contribution in [0.5, 0.6) is 0 Å². The first kappa shape index (κ1) is 15.1. The van der Waals surface area contributed by atoms with Crippen molar-refractivity contribution in [3.63, 3.8) is 0 Å². The van der Waals surface area contributed by atoms with E-state index in [1.54, 1.807) is 6.07 Å². The molecule has 0 fully saturated rings. The minimum Gasteiger partial charge on any atom is -0.480 e. The molecular formula is C11H17NO4S2. The number of hydrogen-bond donors (Lipinski definition) is 2. The van der Waals surface area contributed by atoms with Gasteiger partial charge in [-0.15, -0.1) is 11.3 Å². The Hall–Kier alpha value is -0.920. The van der Waals surface area contributed by atoms with Gasteiger partial charge in [0.15, 0.2) is 0 Å². The molecule has 0 saturated carbocycles. The molecule has 0 bridgehead atoms. The van der Waals surface area contributed by atoms with Crippen LogP contribution in [0.25, 0.3) is 0 Å². The van der Waals surface area contributed by atoms with Crippen molar-refractivity contribution in [1.82, 2.24) is 4.72 Å². The summed E-state index contributed by atoms with van der Waals surface area (Å²) in [7, 11) is -3.74. The Balaban J connectivity index is 2.96. The van der Waals surface area contributed by atoms with Gasteiger partial charge in [0.2, 0.25) is 0 Å². The van der Waals surface area contributed by atoms with Gasteiger partial charge in [-0.1, -0.05) is 13.3 Å². The largest absolute Gasteiger partial charge is 0.480 e. The topological polar surface area (TPSA) is 83.5 Å². The maximum absolute atomic E-state index is 12.0. The molecule has 0 spiro atoms. The van der Waals surface area contributed by atoms with Gasteiger partial charge in [-0.05, 0) is 31.9 Å². The number of aryl methyl sites for hydroxylation is 2. The van der Waals surface area contributed by atoms with Gasteiger partial charge in [0.25, 0.3) is 10.0 Å². The van der Waals surface area contributed by atoms with Gasteiger partial charge < -0.3 is 5.11 Å². The average molecular weight is 291 g/mol. The van der Waals surface area contributed by atoms with Crippen LogP contribution in [0.15, 0.2) is 10.3 Å². The predicted octanol–water partition coefficient (Wildman–Crippen LogP) is 1.90. The number of carboxylic acids is 1. The Morgan fingerprint density at radius 2 is 2.11 bits per heavy atom. The summed E-state index contributed by atoms with van der Waals surface area (Å²) in [5, 5.41) is 8.95. The van der Waals surface area contributed by atoms with Gasteiger partial charge in [0.1, 0.15) is 10.3 Å². The highest BCUT2D eigenvalue weighted by Gasteiger charge is 2.26. The van der Waals surface area contributed by atoms with E-state index in [-0.39, 0.29) is 10.6 Å². The zero-order valence-electron chi connectivity index (χ0n) is 10.6. The summed E-state index contributed by atoms with van der Waals surface area (Å²) >= 11 is 1.15. The second-order valence-corrected chi connectivity index (χ2v) is 7.30. The van der Waals surface area contributed by atoms with E-state index in [1.165, 1.54) is 0 Å². The Bertz CT molecular complexity index is 514. The van der Waals surface area contributed by atoms with Crippen LogP contribution >= 0.6 is 11.3 Å². The summed E-state index contributed by atoms with van der Waals surface area (Å²) in [6.45, 7) is 5.47. The lowest BCUT2D eigenvalue weighted by molar-refractivity contribution is -0.139. The molecule has 102 valence electrons. The molecule has 1 heterocycles. The molecule has 0 radical (unpaired) electrons. The van der Waals surface area contributed by atoms with Gasteiger partial charge in [-0.3, -0.25) is 4.79 Å². The zero-order valence-corrected chi connectivity index (χ0v) is 12.2. The van der Waals surface area contributed by atoms with Crippen LogP contribution in [0.3, 0.4) is 0 Å². The third-order valence-electron chi connectivity index (χ3n) is 2.58. The molecule has 1 rings (SSSR count). The zero-order chi connectivity index (χ0) is 13.9. The second kappa shape index (κ2) is 5.81. The van der Waals surface area contributed by atoms with Crippen LogP contribution in [-0.4, -0.2) is 25.5 Å². The lowest BCUT2D eigenvalue weighted by atomic mass is 10.2. The molecule has 5 nitrogen and oxygen atoms in total. The number of carbonyl (C=O) groups is 1. The van der Waals surface area contributed by atoms with Crippen molar-refractivity contribution in [2.45, 2.75) is 43.9 Å². The predicted molar refractivity (Wildman–Crippen MR) is 70.4 cm³/mol. The first-order chi connectivity index (χ1) is 8.27. The minimum absolute atomic E-state index is 0.167. The van der Waals surface area contributed by atoms with E-state index in [0.29, 0.717) is 6.42 Å². The molecule has 1 aromatic heterocycles. The molecule has 18 heavy (non-hydrogen) atoms. The number of aliphatic carboxylic acids is 1. The fourth-order valence-corrected chi connectivity index (χ4v) is 4.20. The van der Waals surface area contributed by atoms with Crippen LogP contribution in [0.4, 0.5) is 0 Å². The Morgan fingerprint density at radius 3 is 2.50 bits per heavy atom. The smallest absolute Gasteiger partial charge is 0.321 e. The normalized spacial score (nSPS) is 13.5. The fraction of sp³-hybridized carbons (Fsp3) is 0.545. The standard InChI is InChI=1S/C11H17NO4S2/c1-4-5-9(11(13)14)12-18(15,16)10-6-7(2)8(3)17-10/h6,9,12H,4-5H2,1-3H3,(H,13,14). The van der Waals surface area contributed by atoms with E-state index in [1.807, 2.05) is 20.8 Å². The highest BCUT2D eigenvalue weighted by molar-refractivity contribution is 7.91. The molecule has 1 aromatic rings. The molecule has 0 aliphatic carbocycles. The summed E-state index contributed by atoms with van der Waals surface area (Å²) in [6.07, 6.45) is 0.875. The lowest BCUT2D eigenvalue weighted by Crippen LogP contribution is -2.40. The first-order valence-electron chi connectivity index (χ1n) is 5.60. The molecule has 1 atom stereocenters. The SMILES string of the molecule is CCCC(NS(=O)(=O)c1cc(C)c(C)s1)C(=O)O. The van der Waals surface area contributed by atoms with E-state index >= 15 is 0 Å². The van der Waals surface area contributed by atoms with Crippen LogP contribution in [-0.2, 0) is 14.8 Å². The van der Waals surface area contributed by atoms with Gasteiger partial charge in [-0.2, -0.15) is 4.72 Å². The summed E-state index contributed by atoms with van der Waals surface area (Å²) < 4.78 is 26.4. The van der Waals surface area contributed by atoms with Gasteiger partial charge in [-0.25, -0.2) is 8.42 Å². The first-order valence-corrected chi connectivity index (χ1v) is 7.90. The third-order valence-corrected chi connectivity index (χ3v) is 5.68. The molecule has 0 amide bonds. The van der Waals surface area contributed by atoms with Crippen molar-refractivity contribution in [2.75, 3.05) is 0 Å². The number of thiophene rings is 1. The van der Waals surface area contributed by atoms with E-state index in [4.69, 9.17) is 5.11 Å². The summed E-state index contributed by atoms with van der Waals surface area (Å²) in [5.74, 6) is -1.15. The highest BCUT2D eigenvalue weighted by atomic mass is 32.2. The maximum atomic E-state index is 12.0. The van der Waals surface area contributed by atoms with Crippen molar-refractivity contribution in [3.8, 4) is 0 Å². The summed E-state index contributed by atoms with van der Waals surface area (Å²) in [6, 6.07) is 0.496. The molecule has 0 aromatic carbocycles. The van der Waals surface area contributed by atoms with Gasteiger partial charge in [0, 0.05) is 4.88 Å². The lowest BCUT2D eigenvalue weighted by Gasteiger charge is -2.12. The molecule has 2 N–H and O–H groups in total. The average Bonchev–Trinajstić information content (AvgIpc) is 2.59. The molecule has 0 aliphatic rings. The third kappa shape index (κ3) is 3.54. The van der Waals surface area contributed by atoms with E-state index in [0.717, 1.165) is 21.8 Å². The second-order valence-electron chi connectivity index (χ2n) is 4.11. The molecule has 0 aliphatic heterocycles. The number of rotatable bonds is 6.